The maximum atomic E-state index is 14.6. The number of benzene rings is 1. The van der Waals surface area contributed by atoms with Crippen molar-refractivity contribution in [2.75, 3.05) is 26.7 Å². The van der Waals surface area contributed by atoms with Crippen LogP contribution in [0.25, 0.3) is 11.3 Å². The maximum Gasteiger partial charge on any atom is 0.258 e. The highest BCUT2D eigenvalue weighted by atomic mass is 19.1. The first-order valence-electron chi connectivity index (χ1n) is 8.67. The van der Waals surface area contributed by atoms with Gasteiger partial charge in [-0.3, -0.25) is 9.36 Å². The fraction of sp³-hybridized carbons (Fsp3) is 0.350. The summed E-state index contributed by atoms with van der Waals surface area (Å²) in [4.78, 5) is 27.6. The molecule has 1 aliphatic heterocycles. The number of hydrogen-bond donors (Lipinski definition) is 1. The molecule has 0 saturated heterocycles. The van der Waals surface area contributed by atoms with Crippen molar-refractivity contribution in [1.82, 2.24) is 14.5 Å². The molecule has 144 valence electrons. The largest absolute Gasteiger partial charge is 0.389 e. The van der Waals surface area contributed by atoms with Crippen LogP contribution in [0.4, 0.5) is 4.39 Å². The van der Waals surface area contributed by atoms with Gasteiger partial charge in [-0.1, -0.05) is 6.08 Å². The normalized spacial score (nSPS) is 14.2. The number of hydrogen-bond acceptors (Lipinski definition) is 5. The van der Waals surface area contributed by atoms with Crippen LogP contribution in [-0.4, -0.2) is 52.6 Å². The van der Waals surface area contributed by atoms with Gasteiger partial charge in [-0.05, 0) is 51.1 Å². The van der Waals surface area contributed by atoms with Crippen LogP contribution >= 0.6 is 0 Å². The van der Waals surface area contributed by atoms with E-state index in [1.54, 1.807) is 26.0 Å². The van der Waals surface area contributed by atoms with Crippen molar-refractivity contribution in [3.8, 4) is 5.69 Å². The number of nitrogens with zero attached hydrogens (tertiary/aromatic N) is 3. The Hall–Kier alpha value is -2.64. The van der Waals surface area contributed by atoms with Crippen molar-refractivity contribution in [1.29, 1.82) is 0 Å². The lowest BCUT2D eigenvalue weighted by Crippen LogP contribution is -2.24. The van der Waals surface area contributed by atoms with Crippen LogP contribution < -0.4 is 5.56 Å². The summed E-state index contributed by atoms with van der Waals surface area (Å²) in [5, 5.41) is 7.51. The molecular weight excluding hydrogens is 349 g/mol. The van der Waals surface area contributed by atoms with E-state index in [1.807, 2.05) is 7.05 Å². The molecule has 0 unspecified atom stereocenters. The average Bonchev–Trinajstić information content (AvgIpc) is 2.62. The Kier molecular flexibility index (Phi) is 7.15. The zero-order valence-electron chi connectivity index (χ0n) is 15.8. The summed E-state index contributed by atoms with van der Waals surface area (Å²) < 4.78 is 16.0. The monoisotopic (exact) mass is 373 g/mol. The van der Waals surface area contributed by atoms with Crippen molar-refractivity contribution in [3.63, 3.8) is 0 Å². The molecule has 6 nitrogen and oxygen atoms in total. The number of likely N-dealkylation sites (N-methyl/N-ethyl adjacent to an activating group) is 1. The van der Waals surface area contributed by atoms with E-state index < -0.39 is 0 Å². The summed E-state index contributed by atoms with van der Waals surface area (Å²) in [6.07, 6.45) is 3.32. The maximum absolute atomic E-state index is 14.6. The number of aryl methyl sites for hydroxylation is 2. The smallest absolute Gasteiger partial charge is 0.258 e. The molecule has 3 rings (SSSR count). The van der Waals surface area contributed by atoms with Gasteiger partial charge < -0.3 is 14.8 Å². The summed E-state index contributed by atoms with van der Waals surface area (Å²) in [5.41, 5.74) is 2.62. The SMILES string of the molecule is Cc1cc(=O)n(-c2ccc(C3=CCN(C)CC3)c(F)c2)c(C)n1.O=CCO. The predicted octanol–water partition coefficient (Wildman–Crippen LogP) is 1.88. The second-order valence-corrected chi connectivity index (χ2v) is 6.37. The van der Waals surface area contributed by atoms with Crippen LogP contribution in [0.5, 0.6) is 0 Å². The number of carbonyl (C=O) groups excluding carboxylic acids is 1. The molecule has 2 aromatic rings. The number of carbonyl (C=O) groups is 1. The lowest BCUT2D eigenvalue weighted by molar-refractivity contribution is -0.110. The first-order valence-corrected chi connectivity index (χ1v) is 8.67. The van der Waals surface area contributed by atoms with E-state index >= 15 is 0 Å². The lowest BCUT2D eigenvalue weighted by atomic mass is 9.99. The van der Waals surface area contributed by atoms with Crippen LogP contribution in [0, 0.1) is 19.7 Å². The average molecular weight is 373 g/mol. The Morgan fingerprint density at radius 3 is 2.52 bits per heavy atom. The Morgan fingerprint density at radius 2 is 2.00 bits per heavy atom. The third-order valence-corrected chi connectivity index (χ3v) is 4.26. The van der Waals surface area contributed by atoms with Gasteiger partial charge >= 0.3 is 0 Å². The zero-order chi connectivity index (χ0) is 20.0. The van der Waals surface area contributed by atoms with Crippen LogP contribution in [0.1, 0.15) is 23.5 Å². The highest BCUT2D eigenvalue weighted by Crippen LogP contribution is 2.26. The van der Waals surface area contributed by atoms with E-state index in [0.717, 1.165) is 25.1 Å². The molecule has 0 bridgehead atoms. The number of aliphatic hydroxyl groups excluding tert-OH is 1. The molecule has 0 amide bonds. The minimum Gasteiger partial charge on any atom is -0.389 e. The van der Waals surface area contributed by atoms with Gasteiger partial charge in [0.1, 0.15) is 17.9 Å². The molecule has 27 heavy (non-hydrogen) atoms. The first-order chi connectivity index (χ1) is 12.9. The fourth-order valence-electron chi connectivity index (χ4n) is 2.97. The van der Waals surface area contributed by atoms with Crippen LogP contribution in [-0.2, 0) is 4.79 Å². The topological polar surface area (TPSA) is 75.4 Å². The zero-order valence-corrected chi connectivity index (χ0v) is 15.8. The van der Waals surface area contributed by atoms with Crippen molar-refractivity contribution in [3.05, 3.63) is 63.6 Å². The van der Waals surface area contributed by atoms with Gasteiger partial charge in [0.25, 0.3) is 5.56 Å². The van der Waals surface area contributed by atoms with Gasteiger partial charge in [-0.25, -0.2) is 9.37 Å². The molecular formula is C20H24FN3O3. The molecule has 2 heterocycles. The summed E-state index contributed by atoms with van der Waals surface area (Å²) in [6.45, 7) is 4.92. The molecule has 7 heteroatoms. The second-order valence-electron chi connectivity index (χ2n) is 6.37. The van der Waals surface area contributed by atoms with Crippen molar-refractivity contribution in [2.24, 2.45) is 0 Å². The molecule has 1 aromatic heterocycles. The van der Waals surface area contributed by atoms with Crippen molar-refractivity contribution < 1.29 is 14.3 Å². The van der Waals surface area contributed by atoms with E-state index in [0.29, 0.717) is 29.1 Å². The van der Waals surface area contributed by atoms with Gasteiger partial charge in [0, 0.05) is 30.4 Å². The highest BCUT2D eigenvalue weighted by Gasteiger charge is 2.15. The van der Waals surface area contributed by atoms with E-state index in [4.69, 9.17) is 9.90 Å². The third-order valence-electron chi connectivity index (χ3n) is 4.26. The minimum absolute atomic E-state index is 0.194. The molecule has 0 spiro atoms. The number of aldehydes is 1. The van der Waals surface area contributed by atoms with Gasteiger partial charge in [-0.15, -0.1) is 0 Å². The fourth-order valence-corrected chi connectivity index (χ4v) is 2.97. The predicted molar refractivity (Wildman–Crippen MR) is 103 cm³/mol. The third kappa shape index (κ3) is 5.18. The Morgan fingerprint density at radius 1 is 1.30 bits per heavy atom. The number of rotatable bonds is 3. The molecule has 0 fully saturated rings. The van der Waals surface area contributed by atoms with Crippen molar-refractivity contribution in [2.45, 2.75) is 20.3 Å². The van der Waals surface area contributed by atoms with Gasteiger partial charge in [0.05, 0.1) is 12.3 Å². The van der Waals surface area contributed by atoms with Crippen LogP contribution in [0.2, 0.25) is 0 Å². The first kappa shape index (κ1) is 20.7. The second kappa shape index (κ2) is 9.34. The molecule has 1 aromatic carbocycles. The standard InChI is InChI=1S/C18H20FN3O.C2H4O2/c1-12-10-18(23)22(13(2)20-12)15-4-5-16(17(19)11-15)14-6-8-21(3)9-7-14;3-1-2-4/h4-6,10-11H,7-9H2,1-3H3;1,4H,2H2. The Labute approximate surface area is 157 Å². The number of aromatic nitrogens is 2. The quantitative estimate of drug-likeness (QED) is 0.832. The van der Waals surface area contributed by atoms with E-state index in [1.165, 1.54) is 16.7 Å². The van der Waals surface area contributed by atoms with Crippen molar-refractivity contribution >= 4 is 11.9 Å². The van der Waals surface area contributed by atoms with Gasteiger partial charge in [0.15, 0.2) is 0 Å². The Balaban J connectivity index is 0.000000596. The molecule has 0 radical (unpaired) electrons. The molecule has 0 aliphatic carbocycles. The summed E-state index contributed by atoms with van der Waals surface area (Å²) in [5.74, 6) is 0.255. The van der Waals surface area contributed by atoms with Gasteiger partial charge in [0.2, 0.25) is 0 Å². The molecule has 1 aliphatic rings. The Bertz CT molecular complexity index is 906. The van der Waals surface area contributed by atoms with E-state index in [9.17, 15) is 9.18 Å². The number of aliphatic hydroxyl groups is 1. The molecule has 1 N–H and O–H groups in total. The van der Waals surface area contributed by atoms with Crippen LogP contribution in [0.3, 0.4) is 0 Å². The van der Waals surface area contributed by atoms with Gasteiger partial charge in [-0.2, -0.15) is 0 Å². The van der Waals surface area contributed by atoms with Crippen LogP contribution in [0.15, 0.2) is 35.1 Å². The van der Waals surface area contributed by atoms with E-state index in [2.05, 4.69) is 16.0 Å². The number of halogens is 1. The molecule has 0 atom stereocenters. The summed E-state index contributed by atoms with van der Waals surface area (Å²) in [7, 11) is 2.05. The van der Waals surface area contributed by atoms with E-state index in [-0.39, 0.29) is 18.0 Å². The summed E-state index contributed by atoms with van der Waals surface area (Å²) >= 11 is 0. The minimum atomic E-state index is -0.361. The lowest BCUT2D eigenvalue weighted by Gasteiger charge is -2.22. The highest BCUT2D eigenvalue weighted by molar-refractivity contribution is 5.68. The molecule has 0 saturated carbocycles. The summed E-state index contributed by atoms with van der Waals surface area (Å²) in [6, 6.07) is 6.41.